The maximum atomic E-state index is 11.9. The highest BCUT2D eigenvalue weighted by molar-refractivity contribution is 5.90. The molecule has 1 fully saturated rings. The molecular formula is C14H22N2O2. The molecule has 4 heteroatoms. The number of allylic oxidation sites excluding steroid dienone is 1. The number of hydrogen-bond acceptors (Lipinski definition) is 3. The zero-order valence-electron chi connectivity index (χ0n) is 11.5. The predicted molar refractivity (Wildman–Crippen MR) is 71.7 cm³/mol. The Balaban J connectivity index is 1.81. The summed E-state index contributed by atoms with van der Waals surface area (Å²) in [7, 11) is 0. The van der Waals surface area contributed by atoms with E-state index in [1.807, 2.05) is 31.9 Å². The molecule has 2 aliphatic rings. The predicted octanol–water partition coefficient (Wildman–Crippen LogP) is 2.99. The zero-order valence-corrected chi connectivity index (χ0v) is 11.5. The first-order chi connectivity index (χ1) is 8.46. The minimum atomic E-state index is -0.409. The second-order valence-corrected chi connectivity index (χ2v) is 5.95. The second kappa shape index (κ2) is 5.12. The minimum absolute atomic E-state index is 0.188. The van der Waals surface area contributed by atoms with Crippen molar-refractivity contribution in [2.24, 2.45) is 10.9 Å². The molecule has 1 amide bonds. The van der Waals surface area contributed by atoms with E-state index in [9.17, 15) is 4.79 Å². The molecule has 2 heterocycles. The van der Waals surface area contributed by atoms with Crippen LogP contribution in [-0.2, 0) is 4.74 Å². The van der Waals surface area contributed by atoms with Crippen molar-refractivity contribution in [3.63, 3.8) is 0 Å². The highest BCUT2D eigenvalue weighted by Gasteiger charge is 2.28. The summed E-state index contributed by atoms with van der Waals surface area (Å²) in [5.74, 6) is 0.540. The zero-order chi connectivity index (χ0) is 13.2. The molecule has 0 aliphatic carbocycles. The molecule has 2 rings (SSSR count). The number of piperidine rings is 1. The van der Waals surface area contributed by atoms with Gasteiger partial charge in [0.25, 0.3) is 0 Å². The molecule has 0 bridgehead atoms. The molecule has 18 heavy (non-hydrogen) atoms. The van der Waals surface area contributed by atoms with Crippen LogP contribution in [0.15, 0.2) is 17.3 Å². The maximum absolute atomic E-state index is 11.9. The van der Waals surface area contributed by atoms with Gasteiger partial charge < -0.3 is 9.64 Å². The summed E-state index contributed by atoms with van der Waals surface area (Å²) in [4.78, 5) is 18.1. The van der Waals surface area contributed by atoms with Crippen LogP contribution >= 0.6 is 0 Å². The summed E-state index contributed by atoms with van der Waals surface area (Å²) in [6.45, 7) is 7.25. The number of nitrogens with zero attached hydrogens (tertiary/aromatic N) is 2. The Morgan fingerprint density at radius 1 is 1.39 bits per heavy atom. The van der Waals surface area contributed by atoms with Gasteiger partial charge in [0.2, 0.25) is 0 Å². The van der Waals surface area contributed by atoms with Gasteiger partial charge in [-0.05, 0) is 33.6 Å². The number of amides is 1. The summed E-state index contributed by atoms with van der Waals surface area (Å²) < 4.78 is 5.38. The molecule has 0 aromatic rings. The van der Waals surface area contributed by atoms with Crippen LogP contribution in [-0.4, -0.2) is 35.4 Å². The fourth-order valence-electron chi connectivity index (χ4n) is 2.37. The Morgan fingerprint density at radius 2 is 2.06 bits per heavy atom. The highest BCUT2D eigenvalue weighted by Crippen LogP contribution is 2.23. The van der Waals surface area contributed by atoms with Crippen LogP contribution in [0.4, 0.5) is 4.79 Å². The molecule has 4 nitrogen and oxygen atoms in total. The molecular weight excluding hydrogens is 228 g/mol. The second-order valence-electron chi connectivity index (χ2n) is 5.95. The number of carbonyl (C=O) groups is 1. The summed E-state index contributed by atoms with van der Waals surface area (Å²) in [6, 6.07) is 0. The molecule has 0 aromatic heterocycles. The van der Waals surface area contributed by atoms with E-state index in [0.29, 0.717) is 5.92 Å². The van der Waals surface area contributed by atoms with Crippen molar-refractivity contribution in [1.82, 2.24) is 4.90 Å². The van der Waals surface area contributed by atoms with Gasteiger partial charge in [0.05, 0.1) is 0 Å². The summed E-state index contributed by atoms with van der Waals surface area (Å²) in [5, 5.41) is 0. The molecule has 0 aromatic carbocycles. The molecule has 2 aliphatic heterocycles. The topological polar surface area (TPSA) is 41.9 Å². The lowest BCUT2D eigenvalue weighted by molar-refractivity contribution is 0.0201. The number of carbonyl (C=O) groups excluding carboxylic acids is 1. The van der Waals surface area contributed by atoms with Gasteiger partial charge in [-0.25, -0.2) is 4.79 Å². The molecule has 0 atom stereocenters. The Bertz CT molecular complexity index is 372. The van der Waals surface area contributed by atoms with Gasteiger partial charge in [-0.15, -0.1) is 0 Å². The molecule has 0 saturated carbocycles. The number of ether oxygens (including phenoxy) is 1. The van der Waals surface area contributed by atoms with Crippen LogP contribution in [0, 0.1) is 5.92 Å². The molecule has 0 radical (unpaired) electrons. The fraction of sp³-hybridized carbons (Fsp3) is 0.714. The lowest BCUT2D eigenvalue weighted by atomic mass is 9.91. The van der Waals surface area contributed by atoms with Gasteiger partial charge in [-0.2, -0.15) is 0 Å². The normalized spacial score (nSPS) is 21.1. The van der Waals surface area contributed by atoms with Gasteiger partial charge in [-0.1, -0.05) is 6.08 Å². The first kappa shape index (κ1) is 13.1. The van der Waals surface area contributed by atoms with Crippen LogP contribution in [0.2, 0.25) is 0 Å². The van der Waals surface area contributed by atoms with E-state index < -0.39 is 5.60 Å². The average molecular weight is 250 g/mol. The van der Waals surface area contributed by atoms with Crippen LogP contribution in [0.1, 0.15) is 40.0 Å². The van der Waals surface area contributed by atoms with Gasteiger partial charge in [-0.3, -0.25) is 4.99 Å². The Kier molecular flexibility index (Phi) is 3.73. The van der Waals surface area contributed by atoms with E-state index in [0.717, 1.165) is 32.4 Å². The van der Waals surface area contributed by atoms with Crippen molar-refractivity contribution >= 4 is 11.8 Å². The van der Waals surface area contributed by atoms with E-state index in [2.05, 4.69) is 11.1 Å². The lowest BCUT2D eigenvalue weighted by Crippen LogP contribution is -2.42. The molecule has 0 spiro atoms. The number of likely N-dealkylation sites (tertiary alicyclic amines) is 1. The van der Waals surface area contributed by atoms with Crippen molar-refractivity contribution in [1.29, 1.82) is 0 Å². The van der Waals surface area contributed by atoms with Gasteiger partial charge in [0.1, 0.15) is 5.60 Å². The maximum Gasteiger partial charge on any atom is 0.410 e. The quantitative estimate of drug-likeness (QED) is 0.718. The number of hydrogen-bond donors (Lipinski definition) is 0. The van der Waals surface area contributed by atoms with Crippen molar-refractivity contribution in [3.8, 4) is 0 Å². The van der Waals surface area contributed by atoms with E-state index >= 15 is 0 Å². The summed E-state index contributed by atoms with van der Waals surface area (Å²) >= 11 is 0. The monoisotopic (exact) mass is 250 g/mol. The molecule has 1 saturated heterocycles. The van der Waals surface area contributed by atoms with Crippen molar-refractivity contribution in [2.45, 2.75) is 45.6 Å². The molecule has 100 valence electrons. The van der Waals surface area contributed by atoms with E-state index in [4.69, 9.17) is 4.74 Å². The van der Waals surface area contributed by atoms with Gasteiger partial charge in [0.15, 0.2) is 0 Å². The van der Waals surface area contributed by atoms with Crippen LogP contribution in [0.3, 0.4) is 0 Å². The standard InChI is InChI=1S/C14H22N2O2/c1-14(2,3)18-13(17)16-9-6-11(7-10-16)12-5-4-8-15-12/h4,8,11H,5-7,9-10H2,1-3H3. The van der Waals surface area contributed by atoms with Crippen LogP contribution < -0.4 is 0 Å². The largest absolute Gasteiger partial charge is 0.444 e. The third-order valence-electron chi connectivity index (χ3n) is 3.29. The van der Waals surface area contributed by atoms with E-state index in [1.165, 1.54) is 5.71 Å². The number of aliphatic imine (C=N–C) groups is 1. The summed E-state index contributed by atoms with van der Waals surface area (Å²) in [6.07, 6.45) is 6.77. The third-order valence-corrected chi connectivity index (χ3v) is 3.29. The van der Waals surface area contributed by atoms with Crippen LogP contribution in [0.5, 0.6) is 0 Å². The van der Waals surface area contributed by atoms with Crippen molar-refractivity contribution < 1.29 is 9.53 Å². The number of rotatable bonds is 1. The molecule has 0 unspecified atom stereocenters. The Labute approximate surface area is 109 Å². The van der Waals surface area contributed by atoms with Crippen LogP contribution in [0.25, 0.3) is 0 Å². The minimum Gasteiger partial charge on any atom is -0.444 e. The van der Waals surface area contributed by atoms with Crippen molar-refractivity contribution in [3.05, 3.63) is 12.3 Å². The molecule has 0 N–H and O–H groups in total. The SMILES string of the molecule is CC(C)(C)OC(=O)N1CCC(C2=NC=CC2)CC1. The smallest absolute Gasteiger partial charge is 0.410 e. The Hall–Kier alpha value is -1.32. The van der Waals surface area contributed by atoms with E-state index in [-0.39, 0.29) is 6.09 Å². The third kappa shape index (κ3) is 3.34. The first-order valence-corrected chi connectivity index (χ1v) is 6.65. The van der Waals surface area contributed by atoms with E-state index in [1.54, 1.807) is 0 Å². The highest BCUT2D eigenvalue weighted by atomic mass is 16.6. The first-order valence-electron chi connectivity index (χ1n) is 6.65. The van der Waals surface area contributed by atoms with Gasteiger partial charge >= 0.3 is 6.09 Å². The summed E-state index contributed by atoms with van der Waals surface area (Å²) in [5.41, 5.74) is 0.867. The Morgan fingerprint density at radius 3 is 2.56 bits per heavy atom. The van der Waals surface area contributed by atoms with Crippen molar-refractivity contribution in [2.75, 3.05) is 13.1 Å². The van der Waals surface area contributed by atoms with Gasteiger partial charge in [0, 0.05) is 37.3 Å². The fourth-order valence-corrected chi connectivity index (χ4v) is 2.37. The average Bonchev–Trinajstić information content (AvgIpc) is 2.80. The lowest BCUT2D eigenvalue weighted by Gasteiger charge is -2.33.